The summed E-state index contributed by atoms with van der Waals surface area (Å²) < 4.78 is 1.59. The van der Waals surface area contributed by atoms with Crippen LogP contribution in [0.5, 0.6) is 0 Å². The molecule has 0 bridgehead atoms. The predicted molar refractivity (Wildman–Crippen MR) is 127 cm³/mol. The summed E-state index contributed by atoms with van der Waals surface area (Å²) in [6.07, 6.45) is 9.55. The van der Waals surface area contributed by atoms with E-state index < -0.39 is 10.0 Å². The zero-order valence-corrected chi connectivity index (χ0v) is 18.6. The number of fused-ring (bicyclic) bond motifs is 1. The molecular weight excluding hydrogens is 398 g/mol. The van der Waals surface area contributed by atoms with Crippen molar-refractivity contribution in [1.29, 1.82) is 5.41 Å². The zero-order valence-electron chi connectivity index (χ0n) is 17.8. The molecule has 0 saturated carbocycles. The monoisotopic (exact) mass is 429 g/mol. The normalized spacial score (nSPS) is 12.2. The summed E-state index contributed by atoms with van der Waals surface area (Å²) in [5.74, 6) is 0.976. The number of benzene rings is 1. The molecule has 30 heavy (non-hydrogen) atoms. The molecule has 0 amide bonds. The zero-order chi connectivity index (χ0) is 21.7. The molecule has 0 radical (unpaired) electrons. The lowest BCUT2D eigenvalue weighted by Crippen LogP contribution is -2.32. The average molecular weight is 430 g/mol. The van der Waals surface area contributed by atoms with Crippen molar-refractivity contribution in [2.45, 2.75) is 18.7 Å². The summed E-state index contributed by atoms with van der Waals surface area (Å²) in [7, 11) is -0.687. The van der Waals surface area contributed by atoms with Gasteiger partial charge in [0.1, 0.15) is 5.65 Å². The van der Waals surface area contributed by atoms with Crippen molar-refractivity contribution in [3.05, 3.63) is 58.3 Å². The van der Waals surface area contributed by atoms with Crippen LogP contribution in [0, 0.1) is 5.41 Å². The van der Waals surface area contributed by atoms with Crippen molar-refractivity contribution in [3.63, 3.8) is 0 Å². The summed E-state index contributed by atoms with van der Waals surface area (Å²) in [6.45, 7) is 2.24. The maximum absolute atomic E-state index is 12.5. The fourth-order valence-electron chi connectivity index (χ4n) is 3.22. The van der Waals surface area contributed by atoms with Crippen LogP contribution in [0.25, 0.3) is 16.7 Å². The molecule has 0 saturated heterocycles. The smallest absolute Gasteiger partial charge is 0.354 e. The Bertz CT molecular complexity index is 1060. The van der Waals surface area contributed by atoms with Gasteiger partial charge in [-0.2, -0.15) is 4.98 Å². The van der Waals surface area contributed by atoms with E-state index >= 15 is 0 Å². The lowest BCUT2D eigenvalue weighted by Gasteiger charge is -2.23. The number of guanidine groups is 1. The van der Waals surface area contributed by atoms with E-state index in [4.69, 9.17) is 11.1 Å². The molecule has 8 nitrogen and oxygen atoms in total. The Balaban J connectivity index is 1.66. The summed E-state index contributed by atoms with van der Waals surface area (Å²) in [5, 5.41) is 14.2. The van der Waals surface area contributed by atoms with Crippen molar-refractivity contribution in [3.8, 4) is 5.69 Å². The number of hydrogen-bond acceptors (Lipinski definition) is 4. The van der Waals surface area contributed by atoms with Crippen molar-refractivity contribution < 1.29 is 0 Å². The molecule has 0 aliphatic heterocycles. The first kappa shape index (κ1) is 21.9. The van der Waals surface area contributed by atoms with Crippen LogP contribution in [-0.4, -0.2) is 52.4 Å². The third kappa shape index (κ3) is 6.11. The molecule has 0 atom stereocenters. The van der Waals surface area contributed by atoms with Gasteiger partial charge in [-0.25, -0.2) is 14.8 Å². The molecule has 9 heteroatoms. The quantitative estimate of drug-likeness (QED) is 0.202. The van der Waals surface area contributed by atoms with Crippen LogP contribution in [-0.2, 0) is 12.3 Å². The van der Waals surface area contributed by atoms with Crippen LogP contribution in [0.4, 0.5) is 0 Å². The van der Waals surface area contributed by atoms with E-state index in [-0.39, 0.29) is 11.6 Å². The first-order chi connectivity index (χ1) is 14.2. The highest BCUT2D eigenvalue weighted by atomic mass is 32.3. The average Bonchev–Trinajstić information content (AvgIpc) is 3.03. The number of aromatic amines is 1. The van der Waals surface area contributed by atoms with E-state index in [0.29, 0.717) is 12.2 Å². The molecular formula is C21H31N7OS. The van der Waals surface area contributed by atoms with Crippen LogP contribution < -0.4 is 22.1 Å². The van der Waals surface area contributed by atoms with Gasteiger partial charge in [0.25, 0.3) is 0 Å². The van der Waals surface area contributed by atoms with Gasteiger partial charge in [0.2, 0.25) is 0 Å². The number of rotatable bonds is 9. The van der Waals surface area contributed by atoms with Gasteiger partial charge >= 0.3 is 5.69 Å². The molecule has 1 aromatic carbocycles. The highest BCUT2D eigenvalue weighted by Crippen LogP contribution is 2.39. The van der Waals surface area contributed by atoms with E-state index in [2.05, 4.69) is 45.4 Å². The maximum Gasteiger partial charge on any atom is 0.354 e. The van der Waals surface area contributed by atoms with Crippen LogP contribution in [0.2, 0.25) is 0 Å². The second-order valence-corrected chi connectivity index (χ2v) is 12.7. The second-order valence-electron chi connectivity index (χ2n) is 8.26. The van der Waals surface area contributed by atoms with Gasteiger partial charge in [0.15, 0.2) is 5.96 Å². The Morgan fingerprint density at radius 3 is 2.63 bits per heavy atom. The standard InChI is InChI=1S/C21H31N7OS/c1-30(2,3)14-17-11-16-13-28(21(29)27-19(16)26-17)18-7-5-15(6-8-18)12-24-9-4-10-25-20(22)23/h5-8,11,13,24H,4,9-10,12,14H2,1-3H3,(H4,22,23,25)(H,26,27,29). The Morgan fingerprint density at radius 2 is 1.97 bits per heavy atom. The number of aromatic nitrogens is 3. The van der Waals surface area contributed by atoms with Gasteiger partial charge in [-0.15, -0.1) is 0 Å². The van der Waals surface area contributed by atoms with Crippen molar-refractivity contribution in [2.24, 2.45) is 5.73 Å². The highest BCUT2D eigenvalue weighted by molar-refractivity contribution is 8.31. The molecule has 2 aromatic heterocycles. The highest BCUT2D eigenvalue weighted by Gasteiger charge is 2.11. The fourth-order valence-corrected chi connectivity index (χ4v) is 4.31. The number of nitrogens with one attached hydrogen (secondary N) is 4. The van der Waals surface area contributed by atoms with E-state index in [1.54, 1.807) is 4.57 Å². The first-order valence-electron chi connectivity index (χ1n) is 9.86. The van der Waals surface area contributed by atoms with Crippen LogP contribution >= 0.6 is 10.0 Å². The van der Waals surface area contributed by atoms with Crippen molar-refractivity contribution >= 4 is 27.0 Å². The SMILES string of the molecule is CS(C)(C)Cc1cc2cn(-c3ccc(CNCCCNC(=N)N)cc3)c(=O)nc2[nH]1. The summed E-state index contributed by atoms with van der Waals surface area (Å²) in [6, 6.07) is 10.00. The van der Waals surface area contributed by atoms with E-state index in [1.807, 2.05) is 30.5 Å². The summed E-state index contributed by atoms with van der Waals surface area (Å²) in [5.41, 5.74) is 8.67. The number of H-pyrrole nitrogens is 1. The minimum absolute atomic E-state index is 0.000291. The van der Waals surface area contributed by atoms with E-state index in [1.165, 1.54) is 0 Å². The number of nitrogens with two attached hydrogens (primary N) is 1. The molecule has 3 aromatic rings. The predicted octanol–water partition coefficient (Wildman–Crippen LogP) is 1.87. The lowest BCUT2D eigenvalue weighted by atomic mass is 10.2. The fraction of sp³-hybridized carbons (Fsp3) is 0.381. The van der Waals surface area contributed by atoms with Crippen LogP contribution in [0.15, 0.2) is 41.3 Å². The first-order valence-corrected chi connectivity index (χ1v) is 12.9. The Hall–Kier alpha value is -2.78. The molecule has 3 rings (SSSR count). The molecule has 162 valence electrons. The second kappa shape index (κ2) is 9.36. The van der Waals surface area contributed by atoms with Crippen LogP contribution in [0.1, 0.15) is 17.7 Å². The van der Waals surface area contributed by atoms with Crippen molar-refractivity contribution in [2.75, 3.05) is 31.9 Å². The van der Waals surface area contributed by atoms with Gasteiger partial charge < -0.3 is 21.4 Å². The molecule has 0 fully saturated rings. The van der Waals surface area contributed by atoms with E-state index in [0.717, 1.165) is 47.6 Å². The summed E-state index contributed by atoms with van der Waals surface area (Å²) in [4.78, 5) is 20.1. The molecule has 0 aliphatic carbocycles. The molecule has 0 spiro atoms. The minimum atomic E-state index is -0.687. The van der Waals surface area contributed by atoms with Gasteiger partial charge in [0.05, 0.1) is 5.69 Å². The molecule has 6 N–H and O–H groups in total. The molecule has 0 unspecified atom stereocenters. The summed E-state index contributed by atoms with van der Waals surface area (Å²) >= 11 is 0. The lowest BCUT2D eigenvalue weighted by molar-refractivity contribution is 0.639. The van der Waals surface area contributed by atoms with E-state index in [9.17, 15) is 4.79 Å². The Morgan fingerprint density at radius 1 is 1.23 bits per heavy atom. The molecule has 2 heterocycles. The third-order valence-electron chi connectivity index (χ3n) is 4.54. The van der Waals surface area contributed by atoms with Crippen molar-refractivity contribution in [1.82, 2.24) is 25.2 Å². The number of hydrogen-bond donors (Lipinski definition) is 5. The Kier molecular flexibility index (Phi) is 6.84. The molecule has 0 aliphatic rings. The third-order valence-corrected chi connectivity index (χ3v) is 5.72. The van der Waals surface area contributed by atoms with Gasteiger partial charge in [-0.1, -0.05) is 12.1 Å². The Labute approximate surface area is 178 Å². The number of nitrogens with zero attached hydrogens (tertiary/aromatic N) is 2. The van der Waals surface area contributed by atoms with Gasteiger partial charge in [0, 0.05) is 36.1 Å². The van der Waals surface area contributed by atoms with Crippen LogP contribution in [0.3, 0.4) is 0 Å². The topological polar surface area (TPSA) is 125 Å². The minimum Gasteiger partial charge on any atom is -0.370 e. The van der Waals surface area contributed by atoms with Gasteiger partial charge in [-0.3, -0.25) is 9.98 Å². The largest absolute Gasteiger partial charge is 0.370 e. The van der Waals surface area contributed by atoms with Gasteiger partial charge in [-0.05, 0) is 55.5 Å². The maximum atomic E-state index is 12.5.